The van der Waals surface area contributed by atoms with Crippen molar-refractivity contribution in [3.63, 3.8) is 0 Å². The van der Waals surface area contributed by atoms with Crippen LogP contribution in [0.25, 0.3) is 10.9 Å². The molecule has 0 bridgehead atoms. The molecule has 0 unspecified atom stereocenters. The van der Waals surface area contributed by atoms with Crippen LogP contribution >= 0.6 is 0 Å². The topological polar surface area (TPSA) is 68.7 Å². The van der Waals surface area contributed by atoms with Crippen LogP contribution in [0.5, 0.6) is 11.5 Å². The normalized spacial score (nSPS) is 10.2. The highest BCUT2D eigenvalue weighted by Gasteiger charge is 2.18. The van der Waals surface area contributed by atoms with Gasteiger partial charge in [0.15, 0.2) is 0 Å². The Morgan fingerprint density at radius 3 is 2.76 bits per heavy atom. The predicted octanol–water partition coefficient (Wildman–Crippen LogP) is 1.74. The fraction of sp³-hybridized carbons (Fsp3) is 0.167. The maximum Gasteiger partial charge on any atom is 0.342 e. The fourth-order valence-corrected chi connectivity index (χ4v) is 1.67. The SMILES string of the molecule is COC(=O)c1c(O)cnc2c(OC)cccc12. The molecule has 0 radical (unpaired) electrons. The van der Waals surface area contributed by atoms with Crippen LogP contribution in [0, 0.1) is 0 Å². The average molecular weight is 233 g/mol. The van der Waals surface area contributed by atoms with Crippen LogP contribution < -0.4 is 4.74 Å². The molecule has 17 heavy (non-hydrogen) atoms. The van der Waals surface area contributed by atoms with Crippen LogP contribution in [0.2, 0.25) is 0 Å². The van der Waals surface area contributed by atoms with Crippen molar-refractivity contribution in [3.8, 4) is 11.5 Å². The Labute approximate surface area is 97.6 Å². The molecule has 88 valence electrons. The van der Waals surface area contributed by atoms with Crippen molar-refractivity contribution in [3.05, 3.63) is 30.0 Å². The lowest BCUT2D eigenvalue weighted by Crippen LogP contribution is -2.03. The summed E-state index contributed by atoms with van der Waals surface area (Å²) in [7, 11) is 2.77. The molecule has 0 aliphatic heterocycles. The van der Waals surface area contributed by atoms with E-state index in [1.807, 2.05) is 0 Å². The molecular weight excluding hydrogens is 222 g/mol. The molecule has 1 heterocycles. The lowest BCUT2D eigenvalue weighted by molar-refractivity contribution is 0.0599. The van der Waals surface area contributed by atoms with Gasteiger partial charge in [-0.15, -0.1) is 0 Å². The quantitative estimate of drug-likeness (QED) is 0.800. The molecule has 1 aromatic carbocycles. The summed E-state index contributed by atoms with van der Waals surface area (Å²) in [6.07, 6.45) is 1.21. The van der Waals surface area contributed by atoms with E-state index < -0.39 is 5.97 Å². The van der Waals surface area contributed by atoms with Gasteiger partial charge >= 0.3 is 5.97 Å². The number of aromatic hydroxyl groups is 1. The summed E-state index contributed by atoms with van der Waals surface area (Å²) in [5, 5.41) is 10.2. The van der Waals surface area contributed by atoms with Gasteiger partial charge in [-0.3, -0.25) is 0 Å². The Hall–Kier alpha value is -2.30. The van der Waals surface area contributed by atoms with Crippen LogP contribution in [0.15, 0.2) is 24.4 Å². The van der Waals surface area contributed by atoms with Gasteiger partial charge < -0.3 is 14.6 Å². The van der Waals surface area contributed by atoms with Crippen molar-refractivity contribution in [2.45, 2.75) is 0 Å². The third kappa shape index (κ3) is 1.75. The number of methoxy groups -OCH3 is 2. The van der Waals surface area contributed by atoms with Crippen LogP contribution in [0.1, 0.15) is 10.4 Å². The number of carbonyl (C=O) groups is 1. The maximum absolute atomic E-state index is 11.6. The summed E-state index contributed by atoms with van der Waals surface area (Å²) in [4.78, 5) is 15.6. The van der Waals surface area contributed by atoms with E-state index in [1.54, 1.807) is 18.2 Å². The van der Waals surface area contributed by atoms with Gasteiger partial charge in [-0.05, 0) is 6.07 Å². The summed E-state index contributed by atoms with van der Waals surface area (Å²) < 4.78 is 9.77. The number of carbonyl (C=O) groups excluding carboxylic acids is 1. The molecule has 1 N–H and O–H groups in total. The van der Waals surface area contributed by atoms with Gasteiger partial charge in [0.05, 0.1) is 20.4 Å². The number of ether oxygens (including phenoxy) is 2. The Balaban J connectivity index is 2.82. The summed E-state index contributed by atoms with van der Waals surface area (Å²) in [6, 6.07) is 5.12. The number of benzene rings is 1. The van der Waals surface area contributed by atoms with Crippen LogP contribution in [-0.2, 0) is 4.74 Å². The van der Waals surface area contributed by atoms with Gasteiger partial charge in [0, 0.05) is 5.39 Å². The molecule has 0 atom stereocenters. The maximum atomic E-state index is 11.6. The number of nitrogens with zero attached hydrogens (tertiary/aromatic N) is 1. The van der Waals surface area contributed by atoms with Gasteiger partial charge in [-0.2, -0.15) is 0 Å². The second-order valence-corrected chi connectivity index (χ2v) is 3.37. The highest BCUT2D eigenvalue weighted by molar-refractivity contribution is 6.06. The Morgan fingerprint density at radius 1 is 1.35 bits per heavy atom. The van der Waals surface area contributed by atoms with Crippen molar-refractivity contribution in [2.75, 3.05) is 14.2 Å². The van der Waals surface area contributed by atoms with Crippen molar-refractivity contribution in [2.24, 2.45) is 0 Å². The summed E-state index contributed by atoms with van der Waals surface area (Å²) in [5.74, 6) is -0.284. The van der Waals surface area contributed by atoms with Crippen LogP contribution in [0.3, 0.4) is 0 Å². The van der Waals surface area contributed by atoms with Gasteiger partial charge in [-0.25, -0.2) is 9.78 Å². The number of hydrogen-bond donors (Lipinski definition) is 1. The molecule has 0 spiro atoms. The standard InChI is InChI=1S/C12H11NO4/c1-16-9-5-3-4-7-10(12(15)17-2)8(14)6-13-11(7)9/h3-6,14H,1-2H3. The van der Waals surface area contributed by atoms with Gasteiger partial charge in [0.25, 0.3) is 0 Å². The van der Waals surface area contributed by atoms with Gasteiger partial charge in [0.1, 0.15) is 22.6 Å². The highest BCUT2D eigenvalue weighted by atomic mass is 16.5. The van der Waals surface area contributed by atoms with Crippen molar-refractivity contribution in [1.29, 1.82) is 0 Å². The Bertz CT molecular complexity index is 580. The molecule has 2 rings (SSSR count). The third-order valence-electron chi connectivity index (χ3n) is 2.45. The number of aromatic nitrogens is 1. The highest BCUT2D eigenvalue weighted by Crippen LogP contribution is 2.30. The van der Waals surface area contributed by atoms with E-state index in [1.165, 1.54) is 20.4 Å². The Kier molecular flexibility index (Phi) is 2.82. The van der Waals surface area contributed by atoms with Gasteiger partial charge in [0.2, 0.25) is 0 Å². The molecule has 0 aliphatic carbocycles. The average Bonchev–Trinajstić information content (AvgIpc) is 2.36. The number of rotatable bonds is 2. The van der Waals surface area contributed by atoms with Crippen LogP contribution in [0.4, 0.5) is 0 Å². The molecule has 0 fully saturated rings. The molecular formula is C12H11NO4. The lowest BCUT2D eigenvalue weighted by Gasteiger charge is -2.09. The first-order valence-corrected chi connectivity index (χ1v) is 4.92. The summed E-state index contributed by atoms with van der Waals surface area (Å²) >= 11 is 0. The van der Waals surface area contributed by atoms with E-state index in [-0.39, 0.29) is 11.3 Å². The monoisotopic (exact) mass is 233 g/mol. The van der Waals surface area contributed by atoms with Crippen LogP contribution in [-0.4, -0.2) is 30.3 Å². The molecule has 0 aliphatic rings. The molecule has 5 heteroatoms. The first kappa shape index (κ1) is 11.2. The number of pyridine rings is 1. The van der Waals surface area contributed by atoms with E-state index in [4.69, 9.17) is 4.74 Å². The number of esters is 1. The zero-order valence-electron chi connectivity index (χ0n) is 9.43. The number of fused-ring (bicyclic) bond motifs is 1. The fourth-order valence-electron chi connectivity index (χ4n) is 1.67. The number of para-hydroxylation sites is 1. The first-order chi connectivity index (χ1) is 8.19. The zero-order valence-corrected chi connectivity index (χ0v) is 9.43. The molecule has 2 aromatic rings. The summed E-state index contributed by atoms with van der Waals surface area (Å²) in [5.41, 5.74) is 0.601. The minimum Gasteiger partial charge on any atom is -0.505 e. The van der Waals surface area contributed by atoms with Crippen molar-refractivity contribution in [1.82, 2.24) is 4.98 Å². The third-order valence-corrected chi connectivity index (χ3v) is 2.45. The molecule has 0 saturated heterocycles. The van der Waals surface area contributed by atoms with E-state index in [2.05, 4.69) is 9.72 Å². The second kappa shape index (κ2) is 4.29. The molecule has 0 saturated carbocycles. The number of hydrogen-bond acceptors (Lipinski definition) is 5. The van der Waals surface area contributed by atoms with E-state index >= 15 is 0 Å². The Morgan fingerprint density at radius 2 is 2.12 bits per heavy atom. The predicted molar refractivity (Wildman–Crippen MR) is 61.3 cm³/mol. The van der Waals surface area contributed by atoms with E-state index in [9.17, 15) is 9.90 Å². The minimum absolute atomic E-state index is 0.0939. The lowest BCUT2D eigenvalue weighted by atomic mass is 10.1. The second-order valence-electron chi connectivity index (χ2n) is 3.37. The smallest absolute Gasteiger partial charge is 0.342 e. The molecule has 0 amide bonds. The summed E-state index contributed by atoms with van der Waals surface area (Å²) in [6.45, 7) is 0. The van der Waals surface area contributed by atoms with E-state index in [0.717, 1.165) is 0 Å². The zero-order chi connectivity index (χ0) is 12.4. The van der Waals surface area contributed by atoms with Gasteiger partial charge in [-0.1, -0.05) is 12.1 Å². The van der Waals surface area contributed by atoms with Crippen molar-refractivity contribution >= 4 is 16.9 Å². The molecule has 1 aromatic heterocycles. The molecule has 5 nitrogen and oxygen atoms in total. The van der Waals surface area contributed by atoms with E-state index in [0.29, 0.717) is 16.7 Å². The first-order valence-electron chi connectivity index (χ1n) is 4.92. The minimum atomic E-state index is -0.608. The largest absolute Gasteiger partial charge is 0.505 e. The van der Waals surface area contributed by atoms with Crippen molar-refractivity contribution < 1.29 is 19.4 Å².